The van der Waals surface area contributed by atoms with Gasteiger partial charge in [-0.2, -0.15) is 5.10 Å². The maximum atomic E-state index is 12.2. The number of rotatable bonds is 4. The van der Waals surface area contributed by atoms with Crippen molar-refractivity contribution in [1.82, 2.24) is 9.78 Å². The van der Waals surface area contributed by atoms with Crippen molar-refractivity contribution in [3.63, 3.8) is 0 Å². The van der Waals surface area contributed by atoms with E-state index in [0.29, 0.717) is 0 Å². The molecule has 1 aromatic heterocycles. The molecule has 0 aliphatic carbocycles. The van der Waals surface area contributed by atoms with Gasteiger partial charge in [-0.1, -0.05) is 0 Å². The van der Waals surface area contributed by atoms with E-state index < -0.39 is 25.4 Å². The summed E-state index contributed by atoms with van der Waals surface area (Å²) in [6.45, 7) is -1.95. The Morgan fingerprint density at radius 3 is 2.69 bits per heavy atom. The average Bonchev–Trinajstić information content (AvgIpc) is 2.55. The first-order valence-corrected chi connectivity index (χ1v) is 3.59. The Morgan fingerprint density at radius 2 is 2.23 bits per heavy atom. The molecule has 4 nitrogen and oxygen atoms in total. The highest BCUT2D eigenvalue weighted by atomic mass is 19.1. The molecule has 0 bridgehead atoms. The third-order valence-electron chi connectivity index (χ3n) is 1.59. The summed E-state index contributed by atoms with van der Waals surface area (Å²) in [5.74, 6) is -1.25. The van der Waals surface area contributed by atoms with E-state index in [2.05, 4.69) is 5.10 Å². The maximum Gasteiger partial charge on any atom is 0.354 e. The zero-order valence-corrected chi connectivity index (χ0v) is 6.65. The lowest BCUT2D eigenvalue weighted by Crippen LogP contribution is -2.19. The molecule has 0 spiro atoms. The van der Waals surface area contributed by atoms with Crippen molar-refractivity contribution >= 4 is 5.97 Å². The molecule has 6 heteroatoms. The number of carboxylic acid groups (broad SMARTS) is 1. The highest BCUT2D eigenvalue weighted by Gasteiger charge is 2.18. The smallest absolute Gasteiger partial charge is 0.354 e. The summed E-state index contributed by atoms with van der Waals surface area (Å²) in [6, 6.07) is 0.0572. The third-order valence-corrected chi connectivity index (χ3v) is 1.59. The molecule has 0 saturated heterocycles. The number of carbonyl (C=O) groups is 1. The van der Waals surface area contributed by atoms with E-state index >= 15 is 0 Å². The van der Waals surface area contributed by atoms with Crippen LogP contribution in [0.5, 0.6) is 0 Å². The standard InChI is InChI=1S/C7H8F2N2O2/c8-3-5(4-9)11-6(7(12)13)1-2-10-11/h1-2,5H,3-4H2,(H,12,13). The summed E-state index contributed by atoms with van der Waals surface area (Å²) in [7, 11) is 0. The molecule has 1 heterocycles. The van der Waals surface area contributed by atoms with E-state index in [-0.39, 0.29) is 5.69 Å². The topological polar surface area (TPSA) is 55.1 Å². The molecule has 0 radical (unpaired) electrons. The number of halogens is 2. The van der Waals surface area contributed by atoms with Crippen LogP contribution in [0.3, 0.4) is 0 Å². The summed E-state index contributed by atoms with van der Waals surface area (Å²) < 4.78 is 25.2. The second-order valence-electron chi connectivity index (χ2n) is 2.43. The Hall–Kier alpha value is -1.46. The van der Waals surface area contributed by atoms with E-state index in [4.69, 9.17) is 5.11 Å². The van der Waals surface area contributed by atoms with E-state index in [1.807, 2.05) is 0 Å². The number of aromatic carboxylic acids is 1. The van der Waals surface area contributed by atoms with Crippen LogP contribution in [0.25, 0.3) is 0 Å². The molecule has 72 valence electrons. The van der Waals surface area contributed by atoms with E-state index in [1.54, 1.807) is 0 Å². The second-order valence-corrected chi connectivity index (χ2v) is 2.43. The summed E-state index contributed by atoms with van der Waals surface area (Å²) in [6.07, 6.45) is 1.20. The normalized spacial score (nSPS) is 10.7. The highest BCUT2D eigenvalue weighted by molar-refractivity contribution is 5.85. The average molecular weight is 190 g/mol. The van der Waals surface area contributed by atoms with Gasteiger partial charge in [0.2, 0.25) is 0 Å². The summed E-state index contributed by atoms with van der Waals surface area (Å²) in [5.41, 5.74) is -0.208. The van der Waals surface area contributed by atoms with Crippen molar-refractivity contribution in [2.45, 2.75) is 6.04 Å². The van der Waals surface area contributed by atoms with Gasteiger partial charge >= 0.3 is 5.97 Å². The van der Waals surface area contributed by atoms with Crippen LogP contribution < -0.4 is 0 Å². The zero-order valence-electron chi connectivity index (χ0n) is 6.65. The molecule has 13 heavy (non-hydrogen) atoms. The van der Waals surface area contributed by atoms with Crippen LogP contribution >= 0.6 is 0 Å². The van der Waals surface area contributed by atoms with Gasteiger partial charge in [0.1, 0.15) is 25.1 Å². The first-order valence-electron chi connectivity index (χ1n) is 3.59. The van der Waals surface area contributed by atoms with Gasteiger partial charge in [-0.05, 0) is 6.07 Å². The number of carboxylic acids is 1. The number of hydrogen-bond donors (Lipinski definition) is 1. The third kappa shape index (κ3) is 1.82. The minimum absolute atomic E-state index is 0.208. The molecule has 1 rings (SSSR count). The SMILES string of the molecule is O=C(O)c1ccnn1C(CF)CF. The quantitative estimate of drug-likeness (QED) is 0.772. The molecule has 0 aliphatic rings. The Balaban J connectivity index is 2.98. The Labute approximate surface area is 72.8 Å². The van der Waals surface area contributed by atoms with Crippen LogP contribution in [0.2, 0.25) is 0 Å². The lowest BCUT2D eigenvalue weighted by atomic mass is 10.3. The Bertz CT molecular complexity index is 296. The van der Waals surface area contributed by atoms with Crippen molar-refractivity contribution in [3.8, 4) is 0 Å². The fraction of sp³-hybridized carbons (Fsp3) is 0.429. The first-order chi connectivity index (χ1) is 6.20. The van der Waals surface area contributed by atoms with Crippen molar-refractivity contribution in [3.05, 3.63) is 18.0 Å². The molecule has 1 aromatic rings. The van der Waals surface area contributed by atoms with Gasteiger partial charge in [0.05, 0.1) is 0 Å². The fourth-order valence-corrected chi connectivity index (χ4v) is 0.947. The lowest BCUT2D eigenvalue weighted by Gasteiger charge is -2.10. The predicted molar refractivity (Wildman–Crippen MR) is 40.2 cm³/mol. The summed E-state index contributed by atoms with van der Waals surface area (Å²) >= 11 is 0. The largest absolute Gasteiger partial charge is 0.477 e. The molecular formula is C7H8F2N2O2. The van der Waals surface area contributed by atoms with Gasteiger partial charge < -0.3 is 5.11 Å². The van der Waals surface area contributed by atoms with E-state index in [1.165, 1.54) is 12.3 Å². The molecule has 0 fully saturated rings. The minimum atomic E-state index is -1.25. The van der Waals surface area contributed by atoms with Gasteiger partial charge in [-0.3, -0.25) is 0 Å². The van der Waals surface area contributed by atoms with Crippen LogP contribution in [-0.2, 0) is 0 Å². The number of alkyl halides is 2. The molecule has 0 saturated carbocycles. The molecule has 1 N–H and O–H groups in total. The number of aromatic nitrogens is 2. The van der Waals surface area contributed by atoms with Gasteiger partial charge in [0.15, 0.2) is 0 Å². The second kappa shape index (κ2) is 3.97. The van der Waals surface area contributed by atoms with Gasteiger partial charge in [0.25, 0.3) is 0 Å². The number of nitrogens with zero attached hydrogens (tertiary/aromatic N) is 2. The highest BCUT2D eigenvalue weighted by Crippen LogP contribution is 2.10. The predicted octanol–water partition coefficient (Wildman–Crippen LogP) is 1.06. The van der Waals surface area contributed by atoms with Crippen molar-refractivity contribution in [2.24, 2.45) is 0 Å². The van der Waals surface area contributed by atoms with Crippen molar-refractivity contribution in [1.29, 1.82) is 0 Å². The van der Waals surface area contributed by atoms with Crippen LogP contribution in [0, 0.1) is 0 Å². The molecule has 0 aromatic carbocycles. The zero-order chi connectivity index (χ0) is 9.84. The van der Waals surface area contributed by atoms with Gasteiger partial charge in [-0.25, -0.2) is 18.3 Å². The molecule has 0 aliphatic heterocycles. The molecule has 0 atom stereocenters. The van der Waals surface area contributed by atoms with E-state index in [9.17, 15) is 13.6 Å². The van der Waals surface area contributed by atoms with Gasteiger partial charge in [-0.15, -0.1) is 0 Å². The van der Waals surface area contributed by atoms with Crippen LogP contribution in [0.15, 0.2) is 12.3 Å². The molecule has 0 amide bonds. The summed E-state index contributed by atoms with van der Waals surface area (Å²) in [5, 5.41) is 12.1. The van der Waals surface area contributed by atoms with Gasteiger partial charge in [0, 0.05) is 6.20 Å². The molecular weight excluding hydrogens is 182 g/mol. The lowest BCUT2D eigenvalue weighted by molar-refractivity contribution is 0.0677. The van der Waals surface area contributed by atoms with Crippen molar-refractivity contribution in [2.75, 3.05) is 13.3 Å². The van der Waals surface area contributed by atoms with Crippen LogP contribution in [0.1, 0.15) is 16.5 Å². The number of hydrogen-bond acceptors (Lipinski definition) is 2. The first kappa shape index (κ1) is 9.63. The molecule has 0 unspecified atom stereocenters. The Morgan fingerprint density at radius 1 is 1.62 bits per heavy atom. The Kier molecular flexibility index (Phi) is 2.94. The van der Waals surface area contributed by atoms with E-state index in [0.717, 1.165) is 4.68 Å². The van der Waals surface area contributed by atoms with Crippen LogP contribution in [0.4, 0.5) is 8.78 Å². The van der Waals surface area contributed by atoms with Crippen LogP contribution in [-0.4, -0.2) is 34.2 Å². The maximum absolute atomic E-state index is 12.2. The monoisotopic (exact) mass is 190 g/mol. The fourth-order valence-electron chi connectivity index (χ4n) is 0.947. The van der Waals surface area contributed by atoms with Crippen molar-refractivity contribution < 1.29 is 18.7 Å². The minimum Gasteiger partial charge on any atom is -0.477 e. The summed E-state index contributed by atoms with van der Waals surface area (Å²) in [4.78, 5) is 10.5.